The van der Waals surface area contributed by atoms with E-state index >= 15 is 0 Å². The number of nitrogens with two attached hydrogens (primary N) is 1. The van der Waals surface area contributed by atoms with Gasteiger partial charge in [0.05, 0.1) is 0 Å². The van der Waals surface area contributed by atoms with Gasteiger partial charge in [-0.2, -0.15) is 0 Å². The lowest BCUT2D eigenvalue weighted by Gasteiger charge is -2.48. The first-order valence-electron chi connectivity index (χ1n) is 7.01. The van der Waals surface area contributed by atoms with Gasteiger partial charge in [0.15, 0.2) is 0 Å². The Morgan fingerprint density at radius 3 is 1.76 bits per heavy atom. The molecule has 3 nitrogen and oxygen atoms in total. The van der Waals surface area contributed by atoms with Crippen LogP contribution in [0.25, 0.3) is 0 Å². The van der Waals surface area contributed by atoms with E-state index < -0.39 is 0 Å². The Labute approximate surface area is 107 Å². The molecule has 3 heteroatoms. The van der Waals surface area contributed by atoms with E-state index in [1.807, 2.05) is 0 Å². The Hall–Kier alpha value is -0.120. The number of rotatable bonds is 3. The summed E-state index contributed by atoms with van der Waals surface area (Å²) in [6, 6.07) is 0.299. The van der Waals surface area contributed by atoms with Gasteiger partial charge in [0.25, 0.3) is 0 Å². The molecule has 3 N–H and O–H groups in total. The van der Waals surface area contributed by atoms with E-state index in [2.05, 4.69) is 44.9 Å². The first-order chi connectivity index (χ1) is 7.80. The first-order valence-corrected chi connectivity index (χ1v) is 7.01. The maximum Gasteiger partial charge on any atom is 0.0437 e. The highest BCUT2D eigenvalue weighted by Gasteiger charge is 2.41. The molecule has 0 saturated carbocycles. The van der Waals surface area contributed by atoms with Gasteiger partial charge in [-0.1, -0.05) is 33.6 Å². The van der Waals surface area contributed by atoms with Gasteiger partial charge < -0.3 is 0 Å². The highest BCUT2D eigenvalue weighted by Crippen LogP contribution is 2.32. The third-order valence-corrected chi connectivity index (χ3v) is 4.16. The Bertz CT molecular complexity index is 222. The molecule has 1 fully saturated rings. The molecule has 0 aliphatic carbocycles. The molecule has 0 aromatic carbocycles. The van der Waals surface area contributed by atoms with Gasteiger partial charge in [-0.3, -0.25) is 16.2 Å². The minimum Gasteiger partial charge on any atom is -0.297 e. The van der Waals surface area contributed by atoms with E-state index in [4.69, 9.17) is 5.84 Å². The van der Waals surface area contributed by atoms with Crippen molar-refractivity contribution in [1.82, 2.24) is 10.3 Å². The zero-order chi connectivity index (χ0) is 13.1. The molecule has 0 bridgehead atoms. The van der Waals surface area contributed by atoms with Crippen LogP contribution in [0, 0.1) is 5.41 Å². The van der Waals surface area contributed by atoms with Crippen molar-refractivity contribution in [2.45, 2.75) is 71.9 Å². The minimum atomic E-state index is 0.108. The number of hydrazine groups is 1. The van der Waals surface area contributed by atoms with Gasteiger partial charge in [-0.25, -0.2) is 0 Å². The van der Waals surface area contributed by atoms with Crippen molar-refractivity contribution in [3.63, 3.8) is 0 Å². The second-order valence-electron chi connectivity index (χ2n) is 7.02. The van der Waals surface area contributed by atoms with Crippen molar-refractivity contribution in [1.29, 1.82) is 0 Å². The van der Waals surface area contributed by atoms with E-state index in [-0.39, 0.29) is 11.0 Å². The zero-order valence-corrected chi connectivity index (χ0v) is 12.3. The fourth-order valence-corrected chi connectivity index (χ4v) is 3.34. The van der Waals surface area contributed by atoms with Crippen LogP contribution in [0.15, 0.2) is 0 Å². The molecule has 1 atom stereocenters. The maximum absolute atomic E-state index is 5.81. The molecule has 1 aliphatic rings. The van der Waals surface area contributed by atoms with E-state index in [1.165, 1.54) is 38.8 Å². The molecule has 1 saturated heterocycles. The standard InChI is InChI=1S/C14H31N3/c1-13(2,3)12(16-15)14(4,5)17-10-8-6-7-9-11-17/h12,16H,6-11,15H2,1-5H3. The molecule has 0 aromatic rings. The van der Waals surface area contributed by atoms with E-state index in [1.54, 1.807) is 0 Å². The summed E-state index contributed by atoms with van der Waals surface area (Å²) in [5, 5.41) is 0. The van der Waals surface area contributed by atoms with Crippen LogP contribution < -0.4 is 11.3 Å². The largest absolute Gasteiger partial charge is 0.297 e. The summed E-state index contributed by atoms with van der Waals surface area (Å²) >= 11 is 0. The van der Waals surface area contributed by atoms with E-state index in [0.29, 0.717) is 6.04 Å². The summed E-state index contributed by atoms with van der Waals surface area (Å²) in [6.45, 7) is 13.9. The molecule has 1 rings (SSSR count). The van der Waals surface area contributed by atoms with Crippen molar-refractivity contribution >= 4 is 0 Å². The summed E-state index contributed by atoms with van der Waals surface area (Å²) in [5.41, 5.74) is 3.34. The summed E-state index contributed by atoms with van der Waals surface area (Å²) in [6.07, 6.45) is 5.40. The Kier molecular flexibility index (Phi) is 4.99. The van der Waals surface area contributed by atoms with Crippen molar-refractivity contribution in [3.8, 4) is 0 Å². The molecule has 0 aromatic heterocycles. The fourth-order valence-electron chi connectivity index (χ4n) is 3.34. The van der Waals surface area contributed by atoms with Crippen LogP contribution in [0.2, 0.25) is 0 Å². The molecule has 1 aliphatic heterocycles. The third-order valence-electron chi connectivity index (χ3n) is 4.16. The number of nitrogens with one attached hydrogen (secondary N) is 1. The molecule has 17 heavy (non-hydrogen) atoms. The van der Waals surface area contributed by atoms with Crippen LogP contribution in [0.3, 0.4) is 0 Å². The average Bonchev–Trinajstić information content (AvgIpc) is 2.43. The summed E-state index contributed by atoms with van der Waals surface area (Å²) in [4.78, 5) is 2.62. The number of nitrogens with zero attached hydrogens (tertiary/aromatic N) is 1. The third kappa shape index (κ3) is 3.67. The summed E-state index contributed by atoms with van der Waals surface area (Å²) < 4.78 is 0. The van der Waals surface area contributed by atoms with Crippen molar-refractivity contribution < 1.29 is 0 Å². The second kappa shape index (κ2) is 5.68. The molecule has 0 radical (unpaired) electrons. The second-order valence-corrected chi connectivity index (χ2v) is 7.02. The topological polar surface area (TPSA) is 41.3 Å². The SMILES string of the molecule is CC(C)(C)C(NN)C(C)(C)N1CCCCCC1. The molecule has 1 unspecified atom stereocenters. The van der Waals surface area contributed by atoms with Crippen molar-refractivity contribution in [2.24, 2.45) is 11.3 Å². The molecule has 0 amide bonds. The monoisotopic (exact) mass is 241 g/mol. The van der Waals surface area contributed by atoms with Gasteiger partial charge in [-0.05, 0) is 45.2 Å². The quantitative estimate of drug-likeness (QED) is 0.589. The first kappa shape index (κ1) is 14.9. The lowest BCUT2D eigenvalue weighted by Crippen LogP contribution is -2.64. The fraction of sp³-hybridized carbons (Fsp3) is 1.00. The van der Waals surface area contributed by atoms with Gasteiger partial charge in [-0.15, -0.1) is 0 Å². The Balaban J connectivity index is 2.82. The van der Waals surface area contributed by atoms with Crippen LogP contribution in [0.1, 0.15) is 60.3 Å². The Morgan fingerprint density at radius 2 is 1.41 bits per heavy atom. The smallest absolute Gasteiger partial charge is 0.0437 e. The van der Waals surface area contributed by atoms with Crippen LogP contribution in [0.4, 0.5) is 0 Å². The maximum atomic E-state index is 5.81. The van der Waals surface area contributed by atoms with Crippen molar-refractivity contribution in [2.75, 3.05) is 13.1 Å². The van der Waals surface area contributed by atoms with E-state index in [9.17, 15) is 0 Å². The normalized spacial score (nSPS) is 22.2. The molecule has 1 heterocycles. The van der Waals surface area contributed by atoms with E-state index in [0.717, 1.165) is 0 Å². The molecular formula is C14H31N3. The predicted molar refractivity (Wildman–Crippen MR) is 74.7 cm³/mol. The lowest BCUT2D eigenvalue weighted by molar-refractivity contribution is 0.0371. The summed E-state index contributed by atoms with van der Waals surface area (Å²) in [7, 11) is 0. The highest BCUT2D eigenvalue weighted by molar-refractivity contribution is 4.99. The zero-order valence-electron chi connectivity index (χ0n) is 12.3. The van der Waals surface area contributed by atoms with Crippen LogP contribution in [-0.4, -0.2) is 29.6 Å². The summed E-state index contributed by atoms with van der Waals surface area (Å²) in [5.74, 6) is 5.81. The number of hydrogen-bond acceptors (Lipinski definition) is 3. The molecular weight excluding hydrogens is 210 g/mol. The van der Waals surface area contributed by atoms with Gasteiger partial charge in [0, 0.05) is 11.6 Å². The average molecular weight is 241 g/mol. The number of likely N-dealkylation sites (tertiary alicyclic amines) is 1. The molecule has 102 valence electrons. The van der Waals surface area contributed by atoms with Gasteiger partial charge >= 0.3 is 0 Å². The highest BCUT2D eigenvalue weighted by atomic mass is 15.3. The van der Waals surface area contributed by atoms with Crippen molar-refractivity contribution in [3.05, 3.63) is 0 Å². The molecule has 0 spiro atoms. The van der Waals surface area contributed by atoms with Crippen LogP contribution in [0.5, 0.6) is 0 Å². The number of hydrogen-bond donors (Lipinski definition) is 2. The predicted octanol–water partition coefficient (Wildman–Crippen LogP) is 2.52. The van der Waals surface area contributed by atoms with Gasteiger partial charge in [0.1, 0.15) is 0 Å². The Morgan fingerprint density at radius 1 is 0.941 bits per heavy atom. The van der Waals surface area contributed by atoms with Crippen LogP contribution >= 0.6 is 0 Å². The minimum absolute atomic E-state index is 0.108. The van der Waals surface area contributed by atoms with Gasteiger partial charge in [0.2, 0.25) is 0 Å². The lowest BCUT2D eigenvalue weighted by atomic mass is 9.75. The van der Waals surface area contributed by atoms with Crippen LogP contribution in [-0.2, 0) is 0 Å².